The highest BCUT2D eigenvalue weighted by Gasteiger charge is 2.06. The number of hydrogen-bond acceptors (Lipinski definition) is 7. The molecule has 0 bridgehead atoms. The predicted molar refractivity (Wildman–Crippen MR) is 98.6 cm³/mol. The third-order valence-corrected chi connectivity index (χ3v) is 3.71. The molecule has 0 spiro atoms. The first-order chi connectivity index (χ1) is 13.0. The number of aryl methyl sites for hydroxylation is 2. The molecule has 0 aliphatic carbocycles. The standard InChI is InChI=1S/C17H20N8O2/c1-12-10-13(2)25(23-12)15-6-5-14(21-22-15)18-8-9-19-16(26)11-24-17(27)4-3-7-20-24/h3-7,10H,8-9,11H2,1-2H3,(H,18,21)(H,19,26). The van der Waals surface area contributed by atoms with Crippen LogP contribution in [0.4, 0.5) is 5.82 Å². The molecule has 3 heterocycles. The molecule has 0 aliphatic rings. The highest BCUT2D eigenvalue weighted by atomic mass is 16.2. The molecule has 140 valence electrons. The molecule has 0 saturated heterocycles. The van der Waals surface area contributed by atoms with Crippen molar-refractivity contribution in [2.24, 2.45) is 0 Å². The Bertz CT molecular complexity index is 977. The second kappa shape index (κ2) is 8.21. The lowest BCUT2D eigenvalue weighted by Gasteiger charge is -2.08. The Morgan fingerprint density at radius 1 is 1.15 bits per heavy atom. The maximum absolute atomic E-state index is 11.8. The highest BCUT2D eigenvalue weighted by Crippen LogP contribution is 2.10. The van der Waals surface area contributed by atoms with Gasteiger partial charge < -0.3 is 10.6 Å². The summed E-state index contributed by atoms with van der Waals surface area (Å²) < 4.78 is 2.83. The zero-order valence-corrected chi connectivity index (χ0v) is 15.1. The summed E-state index contributed by atoms with van der Waals surface area (Å²) in [5.41, 5.74) is 1.58. The van der Waals surface area contributed by atoms with Gasteiger partial charge >= 0.3 is 0 Å². The summed E-state index contributed by atoms with van der Waals surface area (Å²) in [6.45, 7) is 4.61. The first kappa shape index (κ1) is 18.2. The number of carbonyl (C=O) groups is 1. The molecule has 0 aliphatic heterocycles. The second-order valence-electron chi connectivity index (χ2n) is 5.91. The van der Waals surface area contributed by atoms with E-state index in [0.717, 1.165) is 16.1 Å². The Balaban J connectivity index is 1.45. The maximum atomic E-state index is 11.8. The molecule has 3 aromatic rings. The fraction of sp³-hybridized carbons (Fsp3) is 0.294. The van der Waals surface area contributed by atoms with Crippen LogP contribution in [0.25, 0.3) is 5.82 Å². The third-order valence-electron chi connectivity index (χ3n) is 3.71. The second-order valence-corrected chi connectivity index (χ2v) is 5.91. The first-order valence-corrected chi connectivity index (χ1v) is 8.43. The minimum absolute atomic E-state index is 0.114. The summed E-state index contributed by atoms with van der Waals surface area (Å²) in [7, 11) is 0. The molecule has 0 radical (unpaired) electrons. The number of nitrogens with zero attached hydrogens (tertiary/aromatic N) is 6. The minimum atomic E-state index is -0.316. The molecule has 0 fully saturated rings. The molecule has 0 unspecified atom stereocenters. The van der Waals surface area contributed by atoms with Gasteiger partial charge in [-0.05, 0) is 38.1 Å². The van der Waals surface area contributed by atoms with Crippen molar-refractivity contribution in [3.8, 4) is 5.82 Å². The third kappa shape index (κ3) is 4.75. The fourth-order valence-electron chi connectivity index (χ4n) is 2.48. The van der Waals surface area contributed by atoms with Crippen molar-refractivity contribution in [3.63, 3.8) is 0 Å². The predicted octanol–water partition coefficient (Wildman–Crippen LogP) is 0.0641. The van der Waals surface area contributed by atoms with Crippen LogP contribution in [-0.2, 0) is 11.3 Å². The van der Waals surface area contributed by atoms with Crippen molar-refractivity contribution in [3.05, 3.63) is 58.3 Å². The van der Waals surface area contributed by atoms with Gasteiger partial charge in [0.2, 0.25) is 5.91 Å². The quantitative estimate of drug-likeness (QED) is 0.566. The van der Waals surface area contributed by atoms with Gasteiger partial charge in [0.1, 0.15) is 12.4 Å². The Morgan fingerprint density at radius 2 is 2.00 bits per heavy atom. The van der Waals surface area contributed by atoms with Crippen LogP contribution in [0.5, 0.6) is 0 Å². The van der Waals surface area contributed by atoms with E-state index in [1.54, 1.807) is 10.7 Å². The number of amides is 1. The van der Waals surface area contributed by atoms with Crippen molar-refractivity contribution >= 4 is 11.7 Å². The molecule has 0 saturated carbocycles. The van der Waals surface area contributed by atoms with Gasteiger partial charge in [0.25, 0.3) is 5.56 Å². The molecule has 27 heavy (non-hydrogen) atoms. The molecule has 10 nitrogen and oxygen atoms in total. The number of anilines is 1. The van der Waals surface area contributed by atoms with Crippen molar-refractivity contribution in [2.45, 2.75) is 20.4 Å². The lowest BCUT2D eigenvalue weighted by Crippen LogP contribution is -2.35. The summed E-state index contributed by atoms with van der Waals surface area (Å²) in [5, 5.41) is 22.3. The molecule has 2 N–H and O–H groups in total. The van der Waals surface area contributed by atoms with E-state index < -0.39 is 0 Å². The van der Waals surface area contributed by atoms with Crippen LogP contribution < -0.4 is 16.2 Å². The number of hydrogen-bond donors (Lipinski definition) is 2. The lowest BCUT2D eigenvalue weighted by molar-refractivity contribution is -0.121. The highest BCUT2D eigenvalue weighted by molar-refractivity contribution is 5.75. The van der Waals surface area contributed by atoms with Crippen LogP contribution >= 0.6 is 0 Å². The molecule has 3 rings (SSSR count). The summed E-state index contributed by atoms with van der Waals surface area (Å²) >= 11 is 0. The van der Waals surface area contributed by atoms with E-state index in [1.807, 2.05) is 26.0 Å². The normalized spacial score (nSPS) is 10.6. The molecular weight excluding hydrogens is 348 g/mol. The largest absolute Gasteiger partial charge is 0.367 e. The molecule has 0 atom stereocenters. The van der Waals surface area contributed by atoms with Gasteiger partial charge in [-0.15, -0.1) is 10.2 Å². The SMILES string of the molecule is Cc1cc(C)n(-c2ccc(NCCNC(=O)Cn3ncccc3=O)nn2)n1. The van der Waals surface area contributed by atoms with Gasteiger partial charge in [-0.25, -0.2) is 9.36 Å². The monoisotopic (exact) mass is 368 g/mol. The van der Waals surface area contributed by atoms with E-state index in [0.29, 0.717) is 24.7 Å². The molecule has 1 amide bonds. The lowest BCUT2D eigenvalue weighted by atomic mass is 10.4. The van der Waals surface area contributed by atoms with Crippen LogP contribution in [0.15, 0.2) is 41.3 Å². The summed E-state index contributed by atoms with van der Waals surface area (Å²) in [5.74, 6) is 0.944. The fourth-order valence-corrected chi connectivity index (χ4v) is 2.48. The minimum Gasteiger partial charge on any atom is -0.367 e. The first-order valence-electron chi connectivity index (χ1n) is 8.43. The average molecular weight is 368 g/mol. The van der Waals surface area contributed by atoms with Gasteiger partial charge in [0.05, 0.1) is 5.69 Å². The molecule has 3 aromatic heterocycles. The van der Waals surface area contributed by atoms with Crippen molar-refractivity contribution in [1.29, 1.82) is 0 Å². The summed E-state index contributed by atoms with van der Waals surface area (Å²) in [6.07, 6.45) is 1.46. The van der Waals surface area contributed by atoms with Crippen LogP contribution in [0, 0.1) is 13.8 Å². The van der Waals surface area contributed by atoms with Gasteiger partial charge in [-0.2, -0.15) is 10.2 Å². The Labute approximate surface area is 155 Å². The van der Waals surface area contributed by atoms with Crippen molar-refractivity contribution in [1.82, 2.24) is 35.1 Å². The van der Waals surface area contributed by atoms with Crippen LogP contribution in [0.3, 0.4) is 0 Å². The summed E-state index contributed by atoms with van der Waals surface area (Å²) in [6, 6.07) is 8.47. The zero-order valence-electron chi connectivity index (χ0n) is 15.1. The van der Waals surface area contributed by atoms with Crippen LogP contribution in [0.1, 0.15) is 11.4 Å². The van der Waals surface area contributed by atoms with Crippen LogP contribution in [0.2, 0.25) is 0 Å². The van der Waals surface area contributed by atoms with Crippen molar-refractivity contribution < 1.29 is 4.79 Å². The van der Waals surface area contributed by atoms with E-state index in [1.165, 1.54) is 18.3 Å². The van der Waals surface area contributed by atoms with E-state index in [4.69, 9.17) is 0 Å². The van der Waals surface area contributed by atoms with Gasteiger partial charge in [-0.1, -0.05) is 0 Å². The number of rotatable bonds is 7. The van der Waals surface area contributed by atoms with E-state index >= 15 is 0 Å². The Hall–Kier alpha value is -3.56. The van der Waals surface area contributed by atoms with Gasteiger partial charge in [-0.3, -0.25) is 9.59 Å². The van der Waals surface area contributed by atoms with Crippen molar-refractivity contribution in [2.75, 3.05) is 18.4 Å². The smallest absolute Gasteiger partial charge is 0.267 e. The molecular formula is C17H20N8O2. The van der Waals surface area contributed by atoms with Crippen LogP contribution in [-0.4, -0.2) is 48.8 Å². The number of nitrogens with one attached hydrogen (secondary N) is 2. The van der Waals surface area contributed by atoms with E-state index in [-0.39, 0.29) is 18.0 Å². The Morgan fingerprint density at radius 3 is 2.67 bits per heavy atom. The topological polar surface area (TPSA) is 120 Å². The van der Waals surface area contributed by atoms with E-state index in [9.17, 15) is 9.59 Å². The molecule has 0 aromatic carbocycles. The number of carbonyl (C=O) groups excluding carboxylic acids is 1. The summed E-state index contributed by atoms with van der Waals surface area (Å²) in [4.78, 5) is 23.3. The van der Waals surface area contributed by atoms with E-state index in [2.05, 4.69) is 31.0 Å². The average Bonchev–Trinajstić information content (AvgIpc) is 2.99. The van der Waals surface area contributed by atoms with Gasteiger partial charge in [0, 0.05) is 31.0 Å². The number of aromatic nitrogens is 6. The zero-order chi connectivity index (χ0) is 19.2. The van der Waals surface area contributed by atoms with Gasteiger partial charge in [0.15, 0.2) is 5.82 Å². The Kier molecular flexibility index (Phi) is 5.55. The maximum Gasteiger partial charge on any atom is 0.267 e. The molecule has 10 heteroatoms.